The van der Waals surface area contributed by atoms with Crippen molar-refractivity contribution in [1.82, 2.24) is 0 Å². The first kappa shape index (κ1) is 13.7. The van der Waals surface area contributed by atoms with Crippen molar-refractivity contribution in [2.24, 2.45) is 0 Å². The molecular weight excluding hydrogens is 216 g/mol. The number of carbonyl (C=O) groups is 1. The number of carbonyl (C=O) groups excluding carboxylic acids is 1. The molecule has 0 N–H and O–H groups in total. The van der Waals surface area contributed by atoms with Gasteiger partial charge >= 0.3 is 5.97 Å². The number of hydrogen-bond acceptors (Lipinski definition) is 3. The largest absolute Gasteiger partial charge is 0.465 e. The van der Waals surface area contributed by atoms with Gasteiger partial charge in [0.2, 0.25) is 0 Å². The summed E-state index contributed by atoms with van der Waals surface area (Å²) in [5.41, 5.74) is 2.15. The van der Waals surface area contributed by atoms with E-state index in [-0.39, 0.29) is 12.1 Å². The third-order valence-corrected chi connectivity index (χ3v) is 2.79. The monoisotopic (exact) mass is 236 g/mol. The van der Waals surface area contributed by atoms with Crippen LogP contribution in [0.3, 0.4) is 0 Å². The molecule has 0 aliphatic rings. The van der Waals surface area contributed by atoms with E-state index in [9.17, 15) is 4.79 Å². The van der Waals surface area contributed by atoms with E-state index >= 15 is 0 Å². The molecule has 0 bridgehead atoms. The third kappa shape index (κ3) is 5.00. The van der Waals surface area contributed by atoms with E-state index in [0.717, 1.165) is 17.5 Å². The molecule has 1 rings (SSSR count). The fourth-order valence-electron chi connectivity index (χ4n) is 1.47. The molecule has 0 fully saturated rings. The minimum Gasteiger partial charge on any atom is -0.465 e. The van der Waals surface area contributed by atoms with Gasteiger partial charge in [0.05, 0.1) is 19.1 Å². The Labute approximate surface area is 103 Å². The lowest BCUT2D eigenvalue weighted by Crippen LogP contribution is -2.14. The van der Waals surface area contributed by atoms with Gasteiger partial charge < -0.3 is 9.47 Å². The number of benzene rings is 1. The zero-order valence-corrected chi connectivity index (χ0v) is 10.7. The van der Waals surface area contributed by atoms with Gasteiger partial charge in [0.1, 0.15) is 0 Å². The zero-order valence-electron chi connectivity index (χ0n) is 10.7. The molecule has 1 aromatic rings. The minimum atomic E-state index is -0.178. The van der Waals surface area contributed by atoms with E-state index in [1.165, 1.54) is 0 Å². The van der Waals surface area contributed by atoms with Crippen LogP contribution in [0.25, 0.3) is 0 Å². The molecular formula is C14H20O3. The van der Waals surface area contributed by atoms with Gasteiger partial charge in [0.15, 0.2) is 0 Å². The molecule has 17 heavy (non-hydrogen) atoms. The Bertz CT molecular complexity index is 360. The van der Waals surface area contributed by atoms with Crippen LogP contribution < -0.4 is 0 Å². The van der Waals surface area contributed by atoms with Crippen LogP contribution >= 0.6 is 0 Å². The average Bonchev–Trinajstić information content (AvgIpc) is 2.32. The Kier molecular flexibility index (Phi) is 5.70. The lowest BCUT2D eigenvalue weighted by molar-refractivity contribution is -0.143. The predicted octanol–water partition coefficient (Wildman–Crippen LogP) is 2.51. The van der Waals surface area contributed by atoms with Gasteiger partial charge in [0, 0.05) is 13.5 Å². The Hall–Kier alpha value is -1.35. The number of hydrogen-bond donors (Lipinski definition) is 0. The Morgan fingerprint density at radius 1 is 1.35 bits per heavy atom. The average molecular weight is 236 g/mol. The summed E-state index contributed by atoms with van der Waals surface area (Å²) in [6.07, 6.45) is 1.20. The fourth-order valence-corrected chi connectivity index (χ4v) is 1.47. The molecule has 0 heterocycles. The molecule has 3 heteroatoms. The van der Waals surface area contributed by atoms with Crippen LogP contribution in [0.1, 0.15) is 24.5 Å². The highest BCUT2D eigenvalue weighted by Gasteiger charge is 2.07. The van der Waals surface area contributed by atoms with E-state index in [0.29, 0.717) is 13.0 Å². The first-order valence-electron chi connectivity index (χ1n) is 5.86. The highest BCUT2D eigenvalue weighted by Crippen LogP contribution is 2.08. The summed E-state index contributed by atoms with van der Waals surface area (Å²) >= 11 is 0. The lowest BCUT2D eigenvalue weighted by Gasteiger charge is -2.10. The van der Waals surface area contributed by atoms with Crippen molar-refractivity contribution in [3.63, 3.8) is 0 Å². The van der Waals surface area contributed by atoms with E-state index in [1.54, 1.807) is 7.11 Å². The Morgan fingerprint density at radius 2 is 2.06 bits per heavy atom. The molecule has 1 aromatic carbocycles. The summed E-state index contributed by atoms with van der Waals surface area (Å²) in [7, 11) is 1.65. The van der Waals surface area contributed by atoms with Gasteiger partial charge in [-0.3, -0.25) is 4.79 Å². The first-order chi connectivity index (χ1) is 8.13. The summed E-state index contributed by atoms with van der Waals surface area (Å²) in [5, 5.41) is 0. The number of methoxy groups -OCH3 is 1. The van der Waals surface area contributed by atoms with Crippen molar-refractivity contribution in [1.29, 1.82) is 0 Å². The summed E-state index contributed by atoms with van der Waals surface area (Å²) < 4.78 is 10.2. The molecule has 0 spiro atoms. The van der Waals surface area contributed by atoms with Crippen LogP contribution in [0.15, 0.2) is 24.3 Å². The van der Waals surface area contributed by atoms with E-state index in [2.05, 4.69) is 0 Å². The van der Waals surface area contributed by atoms with Crippen LogP contribution in [0.5, 0.6) is 0 Å². The van der Waals surface area contributed by atoms with Crippen LogP contribution in [0, 0.1) is 6.92 Å². The van der Waals surface area contributed by atoms with Gasteiger partial charge in [0.25, 0.3) is 0 Å². The SMILES string of the molecule is COC(C)CCOC(=O)Cc1ccccc1C. The van der Waals surface area contributed by atoms with E-state index in [1.807, 2.05) is 38.1 Å². The van der Waals surface area contributed by atoms with Gasteiger partial charge in [-0.1, -0.05) is 24.3 Å². The number of rotatable bonds is 6. The lowest BCUT2D eigenvalue weighted by atomic mass is 10.1. The Morgan fingerprint density at radius 3 is 2.71 bits per heavy atom. The second-order valence-electron chi connectivity index (χ2n) is 4.16. The van der Waals surface area contributed by atoms with E-state index in [4.69, 9.17) is 9.47 Å². The summed E-state index contributed by atoms with van der Waals surface area (Å²) in [6.45, 7) is 4.37. The molecule has 1 atom stereocenters. The molecule has 0 radical (unpaired) electrons. The Balaban J connectivity index is 2.33. The minimum absolute atomic E-state index is 0.126. The smallest absolute Gasteiger partial charge is 0.310 e. The molecule has 0 aliphatic heterocycles. The van der Waals surface area contributed by atoms with Gasteiger partial charge in [-0.05, 0) is 25.0 Å². The topological polar surface area (TPSA) is 35.5 Å². The van der Waals surface area contributed by atoms with Crippen LogP contribution in [0.4, 0.5) is 0 Å². The second-order valence-corrected chi connectivity index (χ2v) is 4.16. The van der Waals surface area contributed by atoms with Crippen molar-refractivity contribution < 1.29 is 14.3 Å². The molecule has 1 unspecified atom stereocenters. The zero-order chi connectivity index (χ0) is 12.7. The molecule has 94 valence electrons. The van der Waals surface area contributed by atoms with Gasteiger partial charge in [-0.2, -0.15) is 0 Å². The van der Waals surface area contributed by atoms with Crippen molar-refractivity contribution in [2.75, 3.05) is 13.7 Å². The van der Waals surface area contributed by atoms with Crippen LogP contribution in [0.2, 0.25) is 0 Å². The maximum Gasteiger partial charge on any atom is 0.310 e. The summed E-state index contributed by atoms with van der Waals surface area (Å²) in [6, 6.07) is 7.84. The molecule has 3 nitrogen and oxygen atoms in total. The molecule has 0 amide bonds. The molecule has 0 saturated heterocycles. The highest BCUT2D eigenvalue weighted by atomic mass is 16.5. The molecule has 0 aromatic heterocycles. The summed E-state index contributed by atoms with van der Waals surface area (Å²) in [4.78, 5) is 11.6. The summed E-state index contributed by atoms with van der Waals surface area (Å²) in [5.74, 6) is -0.178. The fraction of sp³-hybridized carbons (Fsp3) is 0.500. The maximum atomic E-state index is 11.6. The van der Waals surface area contributed by atoms with Gasteiger partial charge in [-0.25, -0.2) is 0 Å². The number of ether oxygens (including phenoxy) is 2. The quantitative estimate of drug-likeness (QED) is 0.712. The van der Waals surface area contributed by atoms with Crippen molar-refractivity contribution in [2.45, 2.75) is 32.8 Å². The van der Waals surface area contributed by atoms with Crippen molar-refractivity contribution >= 4 is 5.97 Å². The van der Waals surface area contributed by atoms with Crippen molar-refractivity contribution in [3.8, 4) is 0 Å². The predicted molar refractivity (Wildman–Crippen MR) is 66.9 cm³/mol. The standard InChI is InChI=1S/C14H20O3/c1-11-6-4-5-7-13(11)10-14(15)17-9-8-12(2)16-3/h4-7,12H,8-10H2,1-3H3. The molecule has 0 aliphatic carbocycles. The second kappa shape index (κ2) is 7.07. The van der Waals surface area contributed by atoms with Gasteiger partial charge in [-0.15, -0.1) is 0 Å². The highest BCUT2D eigenvalue weighted by molar-refractivity contribution is 5.73. The normalized spacial score (nSPS) is 12.2. The first-order valence-corrected chi connectivity index (χ1v) is 5.86. The van der Waals surface area contributed by atoms with Crippen molar-refractivity contribution in [3.05, 3.63) is 35.4 Å². The van der Waals surface area contributed by atoms with Crippen LogP contribution in [-0.4, -0.2) is 25.8 Å². The van der Waals surface area contributed by atoms with Crippen LogP contribution in [-0.2, 0) is 20.7 Å². The number of aryl methyl sites for hydroxylation is 1. The third-order valence-electron chi connectivity index (χ3n) is 2.79. The molecule has 0 saturated carbocycles. The van der Waals surface area contributed by atoms with E-state index < -0.39 is 0 Å². The number of esters is 1. The maximum absolute atomic E-state index is 11.6.